The summed E-state index contributed by atoms with van der Waals surface area (Å²) >= 11 is 0. The molecule has 2 aromatic rings. The fraction of sp³-hybridized carbons (Fsp3) is 0.267. The van der Waals surface area contributed by atoms with E-state index in [2.05, 4.69) is 11.4 Å². The number of para-hydroxylation sites is 1. The molecule has 4 heteroatoms. The second-order valence-corrected chi connectivity index (χ2v) is 4.79. The minimum Gasteiger partial charge on any atom is -0.383 e. The first kappa shape index (κ1) is 12.0. The van der Waals surface area contributed by atoms with E-state index in [9.17, 15) is 0 Å². The van der Waals surface area contributed by atoms with Crippen LogP contribution in [0.1, 0.15) is 17.7 Å². The number of hydrogen-bond acceptors (Lipinski definition) is 3. The third kappa shape index (κ3) is 2.15. The molecule has 0 saturated heterocycles. The lowest BCUT2D eigenvalue weighted by atomic mass is 10.0. The first-order chi connectivity index (χ1) is 9.27. The van der Waals surface area contributed by atoms with Crippen LogP contribution in [0, 0.1) is 6.92 Å². The summed E-state index contributed by atoms with van der Waals surface area (Å²) in [6, 6.07) is 10.0. The molecule has 0 unspecified atom stereocenters. The maximum atomic E-state index is 6.20. The highest BCUT2D eigenvalue weighted by Crippen LogP contribution is 2.27. The van der Waals surface area contributed by atoms with Crippen LogP contribution in [-0.2, 0) is 0 Å². The molecule has 2 heterocycles. The Morgan fingerprint density at radius 2 is 2.05 bits per heavy atom. The highest BCUT2D eigenvalue weighted by molar-refractivity contribution is 5.70. The molecular weight excluding hydrogens is 236 g/mol. The monoisotopic (exact) mass is 254 g/mol. The van der Waals surface area contributed by atoms with Gasteiger partial charge in [0.05, 0.1) is 11.4 Å². The standard InChI is InChI=1S/C15H18N4/c1-11-14(12-7-9-17-10-8-12)18-19(15(11)16)13-5-3-2-4-6-13/h2-7,17H,8-10,16H2,1H3. The number of aromatic nitrogens is 2. The molecule has 0 saturated carbocycles. The Bertz CT molecular complexity index is 611. The van der Waals surface area contributed by atoms with E-state index in [4.69, 9.17) is 10.8 Å². The first-order valence-corrected chi connectivity index (χ1v) is 6.58. The predicted octanol–water partition coefficient (Wildman–Crippen LogP) is 2.14. The molecule has 0 aliphatic carbocycles. The van der Waals surface area contributed by atoms with Crippen LogP contribution < -0.4 is 11.1 Å². The Balaban J connectivity index is 2.07. The zero-order valence-corrected chi connectivity index (χ0v) is 11.1. The van der Waals surface area contributed by atoms with E-state index < -0.39 is 0 Å². The summed E-state index contributed by atoms with van der Waals surface area (Å²) in [5.74, 6) is 0.723. The number of nitrogens with two attached hydrogens (primary N) is 1. The van der Waals surface area contributed by atoms with E-state index in [0.717, 1.165) is 42.3 Å². The van der Waals surface area contributed by atoms with Gasteiger partial charge in [0, 0.05) is 12.1 Å². The van der Waals surface area contributed by atoms with Gasteiger partial charge in [-0.05, 0) is 37.6 Å². The summed E-state index contributed by atoms with van der Waals surface area (Å²) in [6.45, 7) is 3.95. The Morgan fingerprint density at radius 3 is 2.74 bits per heavy atom. The van der Waals surface area contributed by atoms with Gasteiger partial charge in [0.25, 0.3) is 0 Å². The number of anilines is 1. The van der Waals surface area contributed by atoms with Gasteiger partial charge in [-0.15, -0.1) is 0 Å². The average Bonchev–Trinajstić information content (AvgIpc) is 2.77. The highest BCUT2D eigenvalue weighted by Gasteiger charge is 2.17. The maximum absolute atomic E-state index is 6.20. The fourth-order valence-corrected chi connectivity index (χ4v) is 2.42. The normalized spacial score (nSPS) is 15.3. The van der Waals surface area contributed by atoms with Gasteiger partial charge in [0.1, 0.15) is 5.82 Å². The third-order valence-corrected chi connectivity index (χ3v) is 3.54. The van der Waals surface area contributed by atoms with Gasteiger partial charge in [0.2, 0.25) is 0 Å². The van der Waals surface area contributed by atoms with Crippen molar-refractivity contribution in [3.8, 4) is 5.69 Å². The van der Waals surface area contributed by atoms with Crippen LogP contribution in [0.3, 0.4) is 0 Å². The van der Waals surface area contributed by atoms with E-state index in [1.54, 1.807) is 0 Å². The summed E-state index contributed by atoms with van der Waals surface area (Å²) in [5, 5.41) is 8.01. The van der Waals surface area contributed by atoms with Crippen molar-refractivity contribution in [2.24, 2.45) is 0 Å². The molecule has 0 fully saturated rings. The number of benzene rings is 1. The van der Waals surface area contributed by atoms with Crippen LogP contribution in [0.2, 0.25) is 0 Å². The Kier molecular flexibility index (Phi) is 3.09. The van der Waals surface area contributed by atoms with E-state index in [1.165, 1.54) is 5.57 Å². The van der Waals surface area contributed by atoms with Gasteiger partial charge in [-0.25, -0.2) is 4.68 Å². The molecule has 0 amide bonds. The number of nitrogen functional groups attached to an aromatic ring is 1. The van der Waals surface area contributed by atoms with Gasteiger partial charge in [0.15, 0.2) is 0 Å². The first-order valence-electron chi connectivity index (χ1n) is 6.58. The molecule has 0 radical (unpaired) electrons. The van der Waals surface area contributed by atoms with Crippen molar-refractivity contribution in [2.45, 2.75) is 13.3 Å². The second kappa shape index (κ2) is 4.90. The van der Waals surface area contributed by atoms with Crippen molar-refractivity contribution in [2.75, 3.05) is 18.8 Å². The molecular formula is C15H18N4. The van der Waals surface area contributed by atoms with Gasteiger partial charge in [-0.2, -0.15) is 5.10 Å². The van der Waals surface area contributed by atoms with E-state index in [-0.39, 0.29) is 0 Å². The fourth-order valence-electron chi connectivity index (χ4n) is 2.42. The van der Waals surface area contributed by atoms with Crippen molar-refractivity contribution in [1.82, 2.24) is 15.1 Å². The Hall–Kier alpha value is -2.07. The summed E-state index contributed by atoms with van der Waals surface area (Å²) in [5.41, 5.74) is 10.6. The molecule has 0 spiro atoms. The van der Waals surface area contributed by atoms with Gasteiger partial charge in [-0.1, -0.05) is 24.3 Å². The average molecular weight is 254 g/mol. The van der Waals surface area contributed by atoms with E-state index >= 15 is 0 Å². The zero-order valence-electron chi connectivity index (χ0n) is 11.1. The topological polar surface area (TPSA) is 55.9 Å². The van der Waals surface area contributed by atoms with E-state index in [1.807, 2.05) is 41.9 Å². The van der Waals surface area contributed by atoms with Gasteiger partial charge < -0.3 is 11.1 Å². The minimum absolute atomic E-state index is 0.723. The van der Waals surface area contributed by atoms with Crippen LogP contribution in [0.4, 0.5) is 5.82 Å². The maximum Gasteiger partial charge on any atom is 0.130 e. The van der Waals surface area contributed by atoms with Crippen LogP contribution in [0.25, 0.3) is 11.3 Å². The number of rotatable bonds is 2. The van der Waals surface area contributed by atoms with Gasteiger partial charge in [-0.3, -0.25) is 0 Å². The SMILES string of the molecule is Cc1c(C2=CCNCC2)nn(-c2ccccc2)c1N. The molecule has 98 valence electrons. The van der Waals surface area contributed by atoms with Crippen molar-refractivity contribution in [1.29, 1.82) is 0 Å². The number of hydrogen-bond donors (Lipinski definition) is 2. The highest BCUT2D eigenvalue weighted by atomic mass is 15.3. The molecule has 1 aromatic carbocycles. The van der Waals surface area contributed by atoms with Crippen molar-refractivity contribution < 1.29 is 0 Å². The lowest BCUT2D eigenvalue weighted by Crippen LogP contribution is -2.20. The molecule has 3 N–H and O–H groups in total. The van der Waals surface area contributed by atoms with Crippen LogP contribution in [-0.4, -0.2) is 22.9 Å². The summed E-state index contributed by atoms with van der Waals surface area (Å²) in [7, 11) is 0. The molecule has 0 bridgehead atoms. The molecule has 4 nitrogen and oxygen atoms in total. The predicted molar refractivity (Wildman–Crippen MR) is 78.2 cm³/mol. The molecule has 1 aliphatic rings. The van der Waals surface area contributed by atoms with Crippen molar-refractivity contribution >= 4 is 11.4 Å². The molecule has 19 heavy (non-hydrogen) atoms. The molecule has 1 aromatic heterocycles. The van der Waals surface area contributed by atoms with Crippen molar-refractivity contribution in [3.05, 3.63) is 47.7 Å². The van der Waals surface area contributed by atoms with Crippen LogP contribution >= 0.6 is 0 Å². The zero-order chi connectivity index (χ0) is 13.2. The Morgan fingerprint density at radius 1 is 1.26 bits per heavy atom. The molecule has 0 atom stereocenters. The lowest BCUT2D eigenvalue weighted by Gasteiger charge is -2.12. The quantitative estimate of drug-likeness (QED) is 0.863. The molecule has 3 rings (SSSR count). The largest absolute Gasteiger partial charge is 0.383 e. The van der Waals surface area contributed by atoms with Gasteiger partial charge >= 0.3 is 0 Å². The third-order valence-electron chi connectivity index (χ3n) is 3.54. The number of nitrogens with zero attached hydrogens (tertiary/aromatic N) is 2. The van der Waals surface area contributed by atoms with E-state index in [0.29, 0.717) is 0 Å². The summed E-state index contributed by atoms with van der Waals surface area (Å²) in [4.78, 5) is 0. The smallest absolute Gasteiger partial charge is 0.130 e. The van der Waals surface area contributed by atoms with Crippen LogP contribution in [0.5, 0.6) is 0 Å². The van der Waals surface area contributed by atoms with Crippen molar-refractivity contribution in [3.63, 3.8) is 0 Å². The van der Waals surface area contributed by atoms with Crippen LogP contribution in [0.15, 0.2) is 36.4 Å². The minimum atomic E-state index is 0.723. The summed E-state index contributed by atoms with van der Waals surface area (Å²) in [6.07, 6.45) is 3.21. The number of nitrogens with one attached hydrogen (secondary N) is 1. The Labute approximate surface area is 112 Å². The second-order valence-electron chi connectivity index (χ2n) is 4.79. The lowest BCUT2D eigenvalue weighted by molar-refractivity contribution is 0.734. The summed E-state index contributed by atoms with van der Waals surface area (Å²) < 4.78 is 1.83. The molecule has 1 aliphatic heterocycles.